The van der Waals surface area contributed by atoms with Gasteiger partial charge in [0.25, 0.3) is 0 Å². The van der Waals surface area contributed by atoms with Gasteiger partial charge in [0.1, 0.15) is 0 Å². The van der Waals surface area contributed by atoms with Gasteiger partial charge in [0.15, 0.2) is 0 Å². The third kappa shape index (κ3) is 2.41. The molecule has 0 bridgehead atoms. The van der Waals surface area contributed by atoms with Crippen molar-refractivity contribution < 1.29 is 9.90 Å². The van der Waals surface area contributed by atoms with E-state index in [4.69, 9.17) is 11.6 Å². The summed E-state index contributed by atoms with van der Waals surface area (Å²) in [5, 5.41) is 13.6. The fourth-order valence-electron chi connectivity index (χ4n) is 3.76. The largest absolute Gasteiger partial charge is 0.478 e. The number of fused-ring (bicyclic) bond motifs is 3. The number of carboxylic acid groups (broad SMARTS) is 1. The Morgan fingerprint density at radius 1 is 1.22 bits per heavy atom. The molecule has 23 heavy (non-hydrogen) atoms. The number of allylic oxidation sites excluding steroid dienone is 2. The normalized spacial score (nSPS) is 24.7. The molecule has 1 heterocycles. The third-order valence-electron chi connectivity index (χ3n) is 4.82. The van der Waals surface area contributed by atoms with Crippen LogP contribution < -0.4 is 5.32 Å². The molecule has 0 saturated carbocycles. The van der Waals surface area contributed by atoms with E-state index in [2.05, 4.69) is 23.5 Å². The van der Waals surface area contributed by atoms with Gasteiger partial charge in [-0.25, -0.2) is 4.79 Å². The summed E-state index contributed by atoms with van der Waals surface area (Å²) < 4.78 is 0. The van der Waals surface area contributed by atoms with Crippen LogP contribution in [0.15, 0.2) is 54.6 Å². The molecule has 0 spiro atoms. The van der Waals surface area contributed by atoms with Crippen LogP contribution in [0.1, 0.15) is 39.9 Å². The van der Waals surface area contributed by atoms with Gasteiger partial charge < -0.3 is 10.4 Å². The van der Waals surface area contributed by atoms with Gasteiger partial charge >= 0.3 is 5.97 Å². The van der Waals surface area contributed by atoms with Crippen LogP contribution in [-0.2, 0) is 0 Å². The Bertz CT molecular complexity index is 815. The van der Waals surface area contributed by atoms with Gasteiger partial charge in [-0.2, -0.15) is 0 Å². The molecular weight excluding hydrogens is 310 g/mol. The summed E-state index contributed by atoms with van der Waals surface area (Å²) in [5.41, 5.74) is 3.59. The minimum atomic E-state index is -0.886. The standard InChI is InChI=1S/C19H16ClNO2/c20-13-4-1-3-11(9-13)18-15-6-2-5-14(15)16-10-12(19(22)23)7-8-17(16)21-18/h1-5,7-10,14-15,18,21H,6H2,(H,22,23)/t14-,15+,18+/m1/s1. The fraction of sp³-hybridized carbons (Fsp3) is 0.211. The fourth-order valence-corrected chi connectivity index (χ4v) is 3.96. The Kier molecular flexibility index (Phi) is 3.38. The number of aromatic carboxylic acids is 1. The molecule has 4 rings (SSSR count). The predicted octanol–water partition coefficient (Wildman–Crippen LogP) is 4.86. The van der Waals surface area contributed by atoms with Crippen LogP contribution >= 0.6 is 11.6 Å². The molecule has 1 aliphatic carbocycles. The van der Waals surface area contributed by atoms with E-state index in [-0.39, 0.29) is 12.0 Å². The maximum atomic E-state index is 11.2. The van der Waals surface area contributed by atoms with Crippen molar-refractivity contribution in [2.75, 3.05) is 5.32 Å². The predicted molar refractivity (Wildman–Crippen MR) is 91.2 cm³/mol. The zero-order valence-electron chi connectivity index (χ0n) is 12.4. The number of benzene rings is 2. The second-order valence-corrected chi connectivity index (χ2v) is 6.57. The summed E-state index contributed by atoms with van der Waals surface area (Å²) in [6.07, 6.45) is 5.37. The number of rotatable bonds is 2. The quantitative estimate of drug-likeness (QED) is 0.775. The maximum Gasteiger partial charge on any atom is 0.335 e. The highest BCUT2D eigenvalue weighted by Crippen LogP contribution is 2.50. The van der Waals surface area contributed by atoms with Crippen molar-refractivity contribution in [3.05, 3.63) is 76.3 Å². The SMILES string of the molecule is O=C(O)c1ccc2c(c1)[C@@H]1C=CC[C@@H]1[C@H](c1cccc(Cl)c1)N2. The van der Waals surface area contributed by atoms with Gasteiger partial charge in [0.2, 0.25) is 0 Å². The molecule has 2 aliphatic rings. The molecule has 3 nitrogen and oxygen atoms in total. The monoisotopic (exact) mass is 325 g/mol. The molecule has 2 N–H and O–H groups in total. The van der Waals surface area contributed by atoms with Crippen LogP contribution in [0.25, 0.3) is 0 Å². The van der Waals surface area contributed by atoms with Crippen LogP contribution in [0.5, 0.6) is 0 Å². The van der Waals surface area contributed by atoms with Gasteiger partial charge in [-0.3, -0.25) is 0 Å². The summed E-state index contributed by atoms with van der Waals surface area (Å²) >= 11 is 6.15. The lowest BCUT2D eigenvalue weighted by molar-refractivity contribution is 0.0696. The molecule has 116 valence electrons. The summed E-state index contributed by atoms with van der Waals surface area (Å²) in [6.45, 7) is 0. The molecule has 0 fully saturated rings. The summed E-state index contributed by atoms with van der Waals surface area (Å²) in [4.78, 5) is 11.2. The number of halogens is 1. The molecule has 2 aromatic rings. The minimum absolute atomic E-state index is 0.178. The molecule has 4 heteroatoms. The van der Waals surface area contributed by atoms with E-state index in [1.165, 1.54) is 5.56 Å². The number of hydrogen-bond donors (Lipinski definition) is 2. The number of carboxylic acids is 1. The lowest BCUT2D eigenvalue weighted by Crippen LogP contribution is -2.29. The van der Waals surface area contributed by atoms with Crippen LogP contribution in [0, 0.1) is 5.92 Å². The van der Waals surface area contributed by atoms with E-state index in [9.17, 15) is 9.90 Å². The second kappa shape index (κ2) is 5.43. The Morgan fingerprint density at radius 3 is 2.87 bits per heavy atom. The second-order valence-electron chi connectivity index (χ2n) is 6.14. The minimum Gasteiger partial charge on any atom is -0.478 e. The first kappa shape index (κ1) is 14.3. The van der Waals surface area contributed by atoms with Gasteiger partial charge in [-0.1, -0.05) is 35.9 Å². The molecule has 1 aliphatic heterocycles. The number of carbonyl (C=O) groups is 1. The number of nitrogens with one attached hydrogen (secondary N) is 1. The topological polar surface area (TPSA) is 49.3 Å². The van der Waals surface area contributed by atoms with Crippen LogP contribution in [0.4, 0.5) is 5.69 Å². The summed E-state index contributed by atoms with van der Waals surface area (Å²) in [6, 6.07) is 13.5. The van der Waals surface area contributed by atoms with Crippen LogP contribution in [-0.4, -0.2) is 11.1 Å². The number of anilines is 1. The molecule has 3 atom stereocenters. The molecular formula is C19H16ClNO2. The van der Waals surface area contributed by atoms with Crippen molar-refractivity contribution in [1.82, 2.24) is 0 Å². The zero-order chi connectivity index (χ0) is 16.0. The maximum absolute atomic E-state index is 11.2. The highest BCUT2D eigenvalue weighted by molar-refractivity contribution is 6.30. The van der Waals surface area contributed by atoms with Gasteiger partial charge in [-0.05, 0) is 53.8 Å². The zero-order valence-corrected chi connectivity index (χ0v) is 13.1. The Balaban J connectivity index is 1.79. The van der Waals surface area contributed by atoms with E-state index in [0.717, 1.165) is 22.7 Å². The van der Waals surface area contributed by atoms with Crippen molar-refractivity contribution in [3.63, 3.8) is 0 Å². The van der Waals surface area contributed by atoms with E-state index in [1.807, 2.05) is 24.3 Å². The van der Waals surface area contributed by atoms with Gasteiger partial charge in [-0.15, -0.1) is 0 Å². The Hall–Kier alpha value is -2.26. The molecule has 0 radical (unpaired) electrons. The van der Waals surface area contributed by atoms with Crippen molar-refractivity contribution >= 4 is 23.3 Å². The summed E-state index contributed by atoms with van der Waals surface area (Å²) in [5.74, 6) is -0.261. The summed E-state index contributed by atoms with van der Waals surface area (Å²) in [7, 11) is 0. The van der Waals surface area contributed by atoms with E-state index in [0.29, 0.717) is 11.5 Å². The van der Waals surface area contributed by atoms with E-state index >= 15 is 0 Å². The van der Waals surface area contributed by atoms with Crippen molar-refractivity contribution in [3.8, 4) is 0 Å². The van der Waals surface area contributed by atoms with E-state index in [1.54, 1.807) is 12.1 Å². The molecule has 0 aromatic heterocycles. The third-order valence-corrected chi connectivity index (χ3v) is 5.05. The molecule has 0 amide bonds. The Morgan fingerprint density at radius 2 is 2.09 bits per heavy atom. The van der Waals surface area contributed by atoms with E-state index < -0.39 is 5.97 Å². The van der Waals surface area contributed by atoms with Crippen molar-refractivity contribution in [2.24, 2.45) is 5.92 Å². The first-order valence-corrected chi connectivity index (χ1v) is 8.07. The van der Waals surface area contributed by atoms with Crippen molar-refractivity contribution in [1.29, 1.82) is 0 Å². The first-order valence-electron chi connectivity index (χ1n) is 7.69. The molecule has 0 unspecified atom stereocenters. The molecule has 2 aromatic carbocycles. The Labute approximate surface area is 139 Å². The smallest absolute Gasteiger partial charge is 0.335 e. The lowest BCUT2D eigenvalue weighted by Gasteiger charge is -2.37. The lowest BCUT2D eigenvalue weighted by atomic mass is 9.76. The number of hydrogen-bond acceptors (Lipinski definition) is 2. The van der Waals surface area contributed by atoms with Crippen LogP contribution in [0.3, 0.4) is 0 Å². The van der Waals surface area contributed by atoms with Crippen molar-refractivity contribution in [2.45, 2.75) is 18.4 Å². The van der Waals surface area contributed by atoms with Gasteiger partial charge in [0, 0.05) is 16.6 Å². The van der Waals surface area contributed by atoms with Gasteiger partial charge in [0.05, 0.1) is 11.6 Å². The highest BCUT2D eigenvalue weighted by Gasteiger charge is 2.38. The molecule has 0 saturated heterocycles. The highest BCUT2D eigenvalue weighted by atomic mass is 35.5. The average Bonchev–Trinajstić information content (AvgIpc) is 3.03. The average molecular weight is 326 g/mol. The first-order chi connectivity index (χ1) is 11.1. The van der Waals surface area contributed by atoms with Crippen LogP contribution in [0.2, 0.25) is 5.02 Å².